The molecule has 0 fully saturated rings. The van der Waals surface area contributed by atoms with Crippen molar-refractivity contribution in [3.05, 3.63) is 0 Å². The maximum atomic E-state index is 11.8. The third-order valence-electron chi connectivity index (χ3n) is 7.19. The highest BCUT2D eigenvalue weighted by molar-refractivity contribution is 5.66. The van der Waals surface area contributed by atoms with Crippen LogP contribution in [0.5, 0.6) is 0 Å². The average Bonchev–Trinajstić information content (AvgIpc) is 2.58. The van der Waals surface area contributed by atoms with Gasteiger partial charge in [0.25, 0.3) is 0 Å². The summed E-state index contributed by atoms with van der Waals surface area (Å²) in [5.41, 5.74) is -0.247. The molecule has 0 aromatic heterocycles. The molecule has 0 aliphatic rings. The Labute approximate surface area is 156 Å². The fraction of sp³-hybridized carbons (Fsp3) is 0.955. The summed E-state index contributed by atoms with van der Waals surface area (Å²) >= 11 is 0. The monoisotopic (exact) mass is 356 g/mol. The average molecular weight is 357 g/mol. The third-order valence-corrected chi connectivity index (χ3v) is 7.19. The van der Waals surface area contributed by atoms with Gasteiger partial charge in [-0.05, 0) is 42.9 Å². The van der Waals surface area contributed by atoms with Crippen molar-refractivity contribution in [3.63, 3.8) is 0 Å². The number of hydrogen-bond donors (Lipinski definition) is 1. The standard InChI is InChI=1S/C22H44O3/c1-10-16(5)14-20(25-18(7)23)22(9,13-4)21(8,12-3)15-19(24)17(6)11-2/h16-17,19-20,24H,10-15H2,1-9H3. The van der Waals surface area contributed by atoms with Gasteiger partial charge in [-0.1, -0.05) is 68.2 Å². The predicted molar refractivity (Wildman–Crippen MR) is 107 cm³/mol. The van der Waals surface area contributed by atoms with Crippen LogP contribution in [0.3, 0.4) is 0 Å². The van der Waals surface area contributed by atoms with E-state index in [1.165, 1.54) is 6.92 Å². The summed E-state index contributed by atoms with van der Waals surface area (Å²) in [7, 11) is 0. The Morgan fingerprint density at radius 2 is 1.60 bits per heavy atom. The van der Waals surface area contributed by atoms with Gasteiger partial charge in [0, 0.05) is 12.3 Å². The van der Waals surface area contributed by atoms with Crippen molar-refractivity contribution in [1.29, 1.82) is 0 Å². The van der Waals surface area contributed by atoms with Crippen molar-refractivity contribution in [2.75, 3.05) is 0 Å². The van der Waals surface area contributed by atoms with E-state index in [4.69, 9.17) is 4.74 Å². The van der Waals surface area contributed by atoms with Crippen LogP contribution in [0, 0.1) is 22.7 Å². The Bertz CT molecular complexity index is 395. The van der Waals surface area contributed by atoms with E-state index in [9.17, 15) is 9.90 Å². The van der Waals surface area contributed by atoms with Crippen molar-refractivity contribution < 1.29 is 14.6 Å². The molecule has 0 aromatic rings. The van der Waals surface area contributed by atoms with Gasteiger partial charge in [-0.3, -0.25) is 4.79 Å². The van der Waals surface area contributed by atoms with Gasteiger partial charge in [-0.15, -0.1) is 0 Å². The first-order valence-electron chi connectivity index (χ1n) is 10.4. The van der Waals surface area contributed by atoms with E-state index in [0.717, 1.165) is 38.5 Å². The van der Waals surface area contributed by atoms with Gasteiger partial charge in [0.05, 0.1) is 6.10 Å². The number of aliphatic hydroxyl groups is 1. The highest BCUT2D eigenvalue weighted by atomic mass is 16.5. The van der Waals surface area contributed by atoms with Crippen molar-refractivity contribution in [1.82, 2.24) is 0 Å². The lowest BCUT2D eigenvalue weighted by molar-refractivity contribution is -0.166. The zero-order chi connectivity index (χ0) is 19.8. The quantitative estimate of drug-likeness (QED) is 0.437. The molecule has 6 atom stereocenters. The van der Waals surface area contributed by atoms with Crippen molar-refractivity contribution in [3.8, 4) is 0 Å². The van der Waals surface area contributed by atoms with Gasteiger partial charge in [0.2, 0.25) is 0 Å². The van der Waals surface area contributed by atoms with Crippen molar-refractivity contribution >= 4 is 5.97 Å². The first-order valence-corrected chi connectivity index (χ1v) is 10.4. The van der Waals surface area contributed by atoms with E-state index in [1.54, 1.807) is 0 Å². The second kappa shape index (κ2) is 10.5. The van der Waals surface area contributed by atoms with E-state index in [1.807, 2.05) is 0 Å². The second-order valence-electron chi connectivity index (χ2n) is 8.69. The molecule has 0 aliphatic carbocycles. The Morgan fingerprint density at radius 3 is 1.96 bits per heavy atom. The van der Waals surface area contributed by atoms with Crippen LogP contribution in [0.15, 0.2) is 0 Å². The predicted octanol–water partition coefficient (Wildman–Crippen LogP) is 5.98. The van der Waals surface area contributed by atoms with E-state index >= 15 is 0 Å². The Balaban J connectivity index is 5.77. The van der Waals surface area contributed by atoms with Crippen LogP contribution in [0.2, 0.25) is 0 Å². The highest BCUT2D eigenvalue weighted by Crippen LogP contribution is 2.52. The molecule has 25 heavy (non-hydrogen) atoms. The first-order chi connectivity index (χ1) is 11.5. The minimum atomic E-state index is -0.317. The topological polar surface area (TPSA) is 46.5 Å². The Hall–Kier alpha value is -0.570. The number of esters is 1. The summed E-state index contributed by atoms with van der Waals surface area (Å²) in [5.74, 6) is 0.596. The molecule has 1 N–H and O–H groups in total. The van der Waals surface area contributed by atoms with Gasteiger partial charge in [-0.2, -0.15) is 0 Å². The van der Waals surface area contributed by atoms with Crippen molar-refractivity contribution in [2.45, 2.75) is 113 Å². The third kappa shape index (κ3) is 6.27. The summed E-state index contributed by atoms with van der Waals surface area (Å²) in [5, 5.41) is 10.7. The van der Waals surface area contributed by atoms with Gasteiger partial charge in [0.1, 0.15) is 6.10 Å². The van der Waals surface area contributed by atoms with Crippen LogP contribution in [-0.4, -0.2) is 23.3 Å². The molecule has 0 aliphatic heterocycles. The molecule has 6 unspecified atom stereocenters. The van der Waals surface area contributed by atoms with Crippen LogP contribution >= 0.6 is 0 Å². The number of carbonyl (C=O) groups excluding carboxylic acids is 1. The van der Waals surface area contributed by atoms with Crippen molar-refractivity contribution in [2.24, 2.45) is 22.7 Å². The van der Waals surface area contributed by atoms with Gasteiger partial charge < -0.3 is 9.84 Å². The largest absolute Gasteiger partial charge is 0.462 e. The zero-order valence-corrected chi connectivity index (χ0v) is 18.3. The second-order valence-corrected chi connectivity index (χ2v) is 8.69. The number of hydrogen-bond acceptors (Lipinski definition) is 3. The summed E-state index contributed by atoms with van der Waals surface area (Å²) in [6, 6.07) is 0. The molecule has 0 rings (SSSR count). The molecule has 0 heterocycles. The minimum Gasteiger partial charge on any atom is -0.462 e. The minimum absolute atomic E-state index is 0.0851. The molecule has 150 valence electrons. The van der Waals surface area contributed by atoms with E-state index < -0.39 is 0 Å². The van der Waals surface area contributed by atoms with Gasteiger partial charge in [-0.25, -0.2) is 0 Å². The SMILES string of the molecule is CCC(C)CC(OC(C)=O)C(C)(CC)C(C)(CC)CC(O)C(C)CC. The normalized spacial score (nSPS) is 21.5. The van der Waals surface area contributed by atoms with Crippen LogP contribution < -0.4 is 0 Å². The maximum absolute atomic E-state index is 11.8. The molecule has 0 amide bonds. The molecule has 0 spiro atoms. The number of carbonyl (C=O) groups is 1. The smallest absolute Gasteiger partial charge is 0.302 e. The summed E-state index contributed by atoms with van der Waals surface area (Å²) in [6.07, 6.45) is 5.15. The number of ether oxygens (including phenoxy) is 1. The maximum Gasteiger partial charge on any atom is 0.302 e. The van der Waals surface area contributed by atoms with Crippen LogP contribution in [-0.2, 0) is 9.53 Å². The molecule has 0 radical (unpaired) electrons. The summed E-state index contributed by atoms with van der Waals surface area (Å²) in [4.78, 5) is 11.8. The molecule has 0 aromatic carbocycles. The zero-order valence-electron chi connectivity index (χ0n) is 18.3. The fourth-order valence-corrected chi connectivity index (χ4v) is 3.93. The fourth-order valence-electron chi connectivity index (χ4n) is 3.93. The first kappa shape index (κ1) is 24.4. The molecular weight excluding hydrogens is 312 g/mol. The summed E-state index contributed by atoms with van der Waals surface area (Å²) < 4.78 is 5.87. The lowest BCUT2D eigenvalue weighted by Gasteiger charge is -2.51. The number of aliphatic hydroxyl groups excluding tert-OH is 1. The molecule has 0 saturated carbocycles. The van der Waals surface area contributed by atoms with Crippen LogP contribution in [0.25, 0.3) is 0 Å². The Morgan fingerprint density at radius 1 is 1.04 bits per heavy atom. The summed E-state index contributed by atoms with van der Waals surface area (Å²) in [6.45, 7) is 19.1. The van der Waals surface area contributed by atoms with E-state index in [2.05, 4.69) is 55.4 Å². The molecule has 3 nitrogen and oxygen atoms in total. The van der Waals surface area contributed by atoms with Gasteiger partial charge in [0.15, 0.2) is 0 Å². The lowest BCUT2D eigenvalue weighted by Crippen LogP contribution is -2.50. The Kier molecular flexibility index (Phi) is 10.3. The molecule has 0 bridgehead atoms. The van der Waals surface area contributed by atoms with Crippen LogP contribution in [0.4, 0.5) is 0 Å². The van der Waals surface area contributed by atoms with E-state index in [0.29, 0.717) is 5.92 Å². The van der Waals surface area contributed by atoms with Gasteiger partial charge >= 0.3 is 5.97 Å². The van der Waals surface area contributed by atoms with E-state index in [-0.39, 0.29) is 34.9 Å². The highest BCUT2D eigenvalue weighted by Gasteiger charge is 2.50. The molecular formula is C22H44O3. The lowest BCUT2D eigenvalue weighted by atomic mass is 9.56. The molecule has 0 saturated heterocycles. The van der Waals surface area contributed by atoms with Crippen LogP contribution in [0.1, 0.15) is 101 Å². The molecule has 3 heteroatoms. The number of rotatable bonds is 12.